The highest BCUT2D eigenvalue weighted by Crippen LogP contribution is 2.40. The lowest BCUT2D eigenvalue weighted by atomic mass is 9.78. The summed E-state index contributed by atoms with van der Waals surface area (Å²) in [5.74, 6) is -0.298. The first-order valence-corrected chi connectivity index (χ1v) is 11.8. The smallest absolute Gasteiger partial charge is 0.216 e. The Morgan fingerprint density at radius 3 is 2.42 bits per heavy atom. The number of piperidine rings is 1. The highest BCUT2D eigenvalue weighted by molar-refractivity contribution is 5.86. The lowest BCUT2D eigenvalue weighted by Crippen LogP contribution is -2.62. The molecule has 2 heterocycles. The number of nitrogens with one attached hydrogen (secondary N) is 1. The molecule has 1 aliphatic carbocycles. The zero-order valence-electron chi connectivity index (χ0n) is 18.9. The van der Waals surface area contributed by atoms with Crippen LogP contribution in [0.1, 0.15) is 49.8 Å². The highest BCUT2D eigenvalue weighted by Gasteiger charge is 2.42. The van der Waals surface area contributed by atoms with Gasteiger partial charge in [0.25, 0.3) is 0 Å². The van der Waals surface area contributed by atoms with Gasteiger partial charge in [-0.25, -0.2) is 0 Å². The average molecular weight is 425 g/mol. The van der Waals surface area contributed by atoms with E-state index in [1.807, 2.05) is 41.3 Å². The Morgan fingerprint density at radius 1 is 1.13 bits per heavy atom. The van der Waals surface area contributed by atoms with Crippen molar-refractivity contribution in [3.8, 4) is 0 Å². The quantitative estimate of drug-likeness (QED) is 0.694. The SMILES string of the molecule is C[N+](C)(CCc1ccn[nH]1)C1CCN(C(=O)C([O-])(c2ccccc2)C2CCCC2)CC1. The number of aromatic nitrogens is 2. The van der Waals surface area contributed by atoms with Crippen LogP contribution in [0.15, 0.2) is 42.6 Å². The standard InChI is InChI=1S/C25H36N4O2/c1-29(2,19-15-22-12-16-26-27-22)23-13-17-28(18-14-23)24(30)25(31,21-10-6-7-11-21)20-8-4-3-5-9-20/h3-5,8-9,12,16,21,23H,6-7,10-11,13-15,17-19H2,1-2H3,(H,26,27). The molecule has 2 fully saturated rings. The molecule has 4 rings (SSSR count). The third kappa shape index (κ3) is 4.55. The molecule has 1 aromatic heterocycles. The predicted octanol–water partition coefficient (Wildman–Crippen LogP) is 2.47. The summed E-state index contributed by atoms with van der Waals surface area (Å²) in [5.41, 5.74) is 0.161. The first-order valence-electron chi connectivity index (χ1n) is 11.8. The van der Waals surface area contributed by atoms with Crippen molar-refractivity contribution >= 4 is 5.91 Å². The molecule has 0 spiro atoms. The second-order valence-electron chi connectivity index (χ2n) is 9.94. The van der Waals surface area contributed by atoms with Crippen molar-refractivity contribution in [2.45, 2.75) is 56.6 Å². The number of benzene rings is 1. The Bertz CT molecular complexity index is 838. The van der Waals surface area contributed by atoms with Gasteiger partial charge in [-0.3, -0.25) is 9.89 Å². The van der Waals surface area contributed by atoms with Gasteiger partial charge in [-0.2, -0.15) is 5.10 Å². The summed E-state index contributed by atoms with van der Waals surface area (Å²) in [6.07, 6.45) is 8.47. The van der Waals surface area contributed by atoms with Crippen LogP contribution in [-0.4, -0.2) is 65.3 Å². The van der Waals surface area contributed by atoms with Gasteiger partial charge in [0.1, 0.15) is 0 Å². The summed E-state index contributed by atoms with van der Waals surface area (Å²) in [7, 11) is 4.55. The number of carbonyl (C=O) groups excluding carboxylic acids is 1. The number of hydrogen-bond acceptors (Lipinski definition) is 3. The maximum atomic E-state index is 14.2. The summed E-state index contributed by atoms with van der Waals surface area (Å²) in [6.45, 7) is 2.38. The summed E-state index contributed by atoms with van der Waals surface area (Å²) < 4.78 is 0.922. The minimum Gasteiger partial charge on any atom is -0.839 e. The van der Waals surface area contributed by atoms with Crippen molar-refractivity contribution in [1.82, 2.24) is 15.1 Å². The minimum atomic E-state index is -1.64. The Hall–Kier alpha value is -2.18. The first kappa shape index (κ1) is 22.0. The van der Waals surface area contributed by atoms with Gasteiger partial charge in [-0.05, 0) is 23.1 Å². The maximum absolute atomic E-state index is 14.2. The summed E-state index contributed by atoms with van der Waals surface area (Å²) >= 11 is 0. The molecule has 6 nitrogen and oxygen atoms in total. The third-order valence-electron chi connectivity index (χ3n) is 7.71. The van der Waals surface area contributed by atoms with Gasteiger partial charge in [0.15, 0.2) is 0 Å². The second kappa shape index (κ2) is 9.13. The molecular weight excluding hydrogens is 388 g/mol. The summed E-state index contributed by atoms with van der Waals surface area (Å²) in [6, 6.07) is 11.9. The van der Waals surface area contributed by atoms with Crippen molar-refractivity contribution in [2.24, 2.45) is 5.92 Å². The van der Waals surface area contributed by atoms with Crippen molar-refractivity contribution in [3.05, 3.63) is 53.9 Å². The highest BCUT2D eigenvalue weighted by atomic mass is 16.3. The van der Waals surface area contributed by atoms with E-state index in [0.717, 1.165) is 61.7 Å². The van der Waals surface area contributed by atoms with Crippen LogP contribution in [0.5, 0.6) is 0 Å². The van der Waals surface area contributed by atoms with Gasteiger partial charge < -0.3 is 14.5 Å². The van der Waals surface area contributed by atoms with Crippen LogP contribution in [0.4, 0.5) is 0 Å². The van der Waals surface area contributed by atoms with E-state index in [1.165, 1.54) is 0 Å². The molecule has 1 saturated carbocycles. The van der Waals surface area contributed by atoms with Crippen LogP contribution in [0, 0.1) is 5.92 Å². The Balaban J connectivity index is 1.42. The van der Waals surface area contributed by atoms with E-state index in [1.54, 1.807) is 6.20 Å². The number of aromatic amines is 1. The fourth-order valence-corrected chi connectivity index (χ4v) is 5.57. The molecule has 2 aliphatic rings. The van der Waals surface area contributed by atoms with Crippen LogP contribution >= 0.6 is 0 Å². The molecule has 0 radical (unpaired) electrons. The average Bonchev–Trinajstić information content (AvgIpc) is 3.52. The molecule has 1 aliphatic heterocycles. The van der Waals surface area contributed by atoms with Gasteiger partial charge >= 0.3 is 0 Å². The van der Waals surface area contributed by atoms with Gasteiger partial charge in [0, 0.05) is 44.2 Å². The van der Waals surface area contributed by atoms with Crippen LogP contribution in [0.3, 0.4) is 0 Å². The van der Waals surface area contributed by atoms with Gasteiger partial charge in [0.2, 0.25) is 5.91 Å². The molecule has 1 amide bonds. The Labute approximate surface area is 185 Å². The second-order valence-corrected chi connectivity index (χ2v) is 9.94. The molecule has 31 heavy (non-hydrogen) atoms. The number of likely N-dealkylation sites (N-methyl/N-ethyl adjacent to an activating group) is 1. The maximum Gasteiger partial charge on any atom is 0.216 e. The molecule has 1 aromatic carbocycles. The van der Waals surface area contributed by atoms with Gasteiger partial charge in [0.05, 0.1) is 26.7 Å². The Kier molecular flexibility index (Phi) is 6.49. The van der Waals surface area contributed by atoms with E-state index < -0.39 is 5.60 Å². The van der Waals surface area contributed by atoms with Crippen LogP contribution in [0.2, 0.25) is 0 Å². The number of likely N-dealkylation sites (tertiary alicyclic amines) is 1. The van der Waals surface area contributed by atoms with E-state index in [2.05, 4.69) is 24.3 Å². The summed E-state index contributed by atoms with van der Waals surface area (Å²) in [4.78, 5) is 15.5. The number of quaternary nitrogens is 1. The molecule has 1 saturated heterocycles. The largest absolute Gasteiger partial charge is 0.839 e. The topological polar surface area (TPSA) is 72.0 Å². The fourth-order valence-electron chi connectivity index (χ4n) is 5.57. The van der Waals surface area contributed by atoms with Crippen molar-refractivity contribution < 1.29 is 14.4 Å². The Morgan fingerprint density at radius 2 is 1.81 bits per heavy atom. The molecule has 168 valence electrons. The number of rotatable bonds is 7. The fraction of sp³-hybridized carbons (Fsp3) is 0.600. The molecule has 1 atom stereocenters. The molecule has 2 aromatic rings. The van der Waals surface area contributed by atoms with Gasteiger partial charge in [-0.1, -0.05) is 56.0 Å². The van der Waals surface area contributed by atoms with E-state index in [9.17, 15) is 9.90 Å². The zero-order valence-corrected chi connectivity index (χ0v) is 18.9. The predicted molar refractivity (Wildman–Crippen MR) is 119 cm³/mol. The zero-order chi connectivity index (χ0) is 21.9. The molecule has 1 unspecified atom stereocenters. The normalized spacial score (nSPS) is 20.7. The lowest BCUT2D eigenvalue weighted by molar-refractivity contribution is -0.916. The number of nitrogens with zero attached hydrogens (tertiary/aromatic N) is 3. The van der Waals surface area contributed by atoms with Crippen LogP contribution < -0.4 is 5.11 Å². The number of carbonyl (C=O) groups is 1. The molecule has 0 bridgehead atoms. The first-order chi connectivity index (χ1) is 14.9. The number of hydrogen-bond donors (Lipinski definition) is 1. The number of amides is 1. The summed E-state index contributed by atoms with van der Waals surface area (Å²) in [5, 5.41) is 21.3. The van der Waals surface area contributed by atoms with E-state index in [0.29, 0.717) is 24.7 Å². The van der Waals surface area contributed by atoms with E-state index in [-0.39, 0.29) is 11.8 Å². The van der Waals surface area contributed by atoms with E-state index >= 15 is 0 Å². The molecular formula is C25H36N4O2. The van der Waals surface area contributed by atoms with Crippen molar-refractivity contribution in [2.75, 3.05) is 33.7 Å². The molecule has 1 N–H and O–H groups in total. The monoisotopic (exact) mass is 424 g/mol. The lowest BCUT2D eigenvalue weighted by Gasteiger charge is -2.50. The van der Waals surface area contributed by atoms with Crippen LogP contribution in [-0.2, 0) is 16.8 Å². The minimum absolute atomic E-state index is 0.0956. The van der Waals surface area contributed by atoms with Crippen molar-refractivity contribution in [1.29, 1.82) is 0 Å². The van der Waals surface area contributed by atoms with Gasteiger partial charge in [-0.15, -0.1) is 0 Å². The third-order valence-corrected chi connectivity index (χ3v) is 7.71. The number of H-pyrrole nitrogens is 1. The molecule has 6 heteroatoms. The van der Waals surface area contributed by atoms with Crippen LogP contribution in [0.25, 0.3) is 0 Å². The van der Waals surface area contributed by atoms with Crippen molar-refractivity contribution in [3.63, 3.8) is 0 Å². The van der Waals surface area contributed by atoms with E-state index in [4.69, 9.17) is 0 Å².